The molecule has 0 N–H and O–H groups in total. The van der Waals surface area contributed by atoms with Gasteiger partial charge in [-0.15, -0.1) is 0 Å². The Kier molecular flexibility index (Phi) is 3.68. The summed E-state index contributed by atoms with van der Waals surface area (Å²) >= 11 is 1.48. The molecule has 122 valence electrons. The summed E-state index contributed by atoms with van der Waals surface area (Å²) < 4.78 is 11.1. The minimum absolute atomic E-state index is 0.0372. The Morgan fingerprint density at radius 3 is 2.65 bits per heavy atom. The minimum atomic E-state index is -0.689. The molecule has 2 saturated heterocycles. The highest BCUT2D eigenvalue weighted by Crippen LogP contribution is 2.43. The third kappa shape index (κ3) is 2.57. The van der Waals surface area contributed by atoms with Crippen LogP contribution in [0, 0.1) is 6.92 Å². The Balaban J connectivity index is 1.49. The fourth-order valence-corrected chi connectivity index (χ4v) is 4.10. The van der Waals surface area contributed by atoms with Crippen LogP contribution in [-0.4, -0.2) is 59.2 Å². The summed E-state index contributed by atoms with van der Waals surface area (Å²) in [5, 5.41) is 0.786. The highest BCUT2D eigenvalue weighted by molar-refractivity contribution is 8.16. The maximum atomic E-state index is 12.8. The SMILES string of the molecule is Cc1ccc(C2OCC3(CO2)SC2=NCN(C)CN2C3=O)cc1. The molecule has 1 aromatic carbocycles. The van der Waals surface area contributed by atoms with Crippen molar-refractivity contribution in [2.24, 2.45) is 4.99 Å². The molecule has 0 bridgehead atoms. The predicted molar refractivity (Wildman–Crippen MR) is 87.9 cm³/mol. The number of aliphatic imine (C=N–C) groups is 1. The van der Waals surface area contributed by atoms with Gasteiger partial charge >= 0.3 is 0 Å². The normalized spacial score (nSPS) is 31.4. The zero-order chi connectivity index (χ0) is 16.0. The van der Waals surface area contributed by atoms with E-state index in [0.717, 1.165) is 10.7 Å². The van der Waals surface area contributed by atoms with Gasteiger partial charge in [-0.3, -0.25) is 14.6 Å². The monoisotopic (exact) mass is 333 g/mol. The molecule has 3 heterocycles. The number of aryl methyl sites for hydroxylation is 1. The fourth-order valence-electron chi connectivity index (χ4n) is 2.92. The highest BCUT2D eigenvalue weighted by Gasteiger charge is 2.55. The number of nitrogens with zero attached hydrogens (tertiary/aromatic N) is 3. The maximum Gasteiger partial charge on any atom is 0.251 e. The topological polar surface area (TPSA) is 54.4 Å². The Bertz CT molecular complexity index is 653. The Morgan fingerprint density at radius 2 is 1.96 bits per heavy atom. The molecule has 0 atom stereocenters. The molecule has 1 aromatic rings. The minimum Gasteiger partial charge on any atom is -0.346 e. The van der Waals surface area contributed by atoms with Crippen molar-refractivity contribution in [1.82, 2.24) is 9.80 Å². The molecule has 23 heavy (non-hydrogen) atoms. The van der Waals surface area contributed by atoms with Gasteiger partial charge in [0.2, 0.25) is 0 Å². The van der Waals surface area contributed by atoms with E-state index in [2.05, 4.69) is 4.99 Å². The number of carbonyl (C=O) groups is 1. The highest BCUT2D eigenvalue weighted by atomic mass is 32.2. The maximum absolute atomic E-state index is 12.8. The van der Waals surface area contributed by atoms with Crippen LogP contribution in [0.2, 0.25) is 0 Å². The summed E-state index contributed by atoms with van der Waals surface area (Å²) in [7, 11) is 1.95. The Morgan fingerprint density at radius 1 is 1.26 bits per heavy atom. The Hall–Kier alpha value is -1.41. The van der Waals surface area contributed by atoms with E-state index in [-0.39, 0.29) is 5.91 Å². The molecule has 3 aliphatic rings. The van der Waals surface area contributed by atoms with Crippen molar-refractivity contribution in [2.75, 3.05) is 33.6 Å². The summed E-state index contributed by atoms with van der Waals surface area (Å²) in [4.78, 5) is 21.0. The predicted octanol–water partition coefficient (Wildman–Crippen LogP) is 1.57. The van der Waals surface area contributed by atoms with Gasteiger partial charge in [0.05, 0.1) is 26.6 Å². The van der Waals surface area contributed by atoms with Crippen molar-refractivity contribution in [3.8, 4) is 0 Å². The number of benzene rings is 1. The molecule has 3 aliphatic heterocycles. The molecular weight excluding hydrogens is 314 g/mol. The molecule has 1 amide bonds. The van der Waals surface area contributed by atoms with E-state index in [0.29, 0.717) is 26.6 Å². The number of rotatable bonds is 1. The third-order valence-electron chi connectivity index (χ3n) is 4.27. The third-order valence-corrected chi connectivity index (χ3v) is 5.60. The van der Waals surface area contributed by atoms with Crippen LogP contribution in [0.3, 0.4) is 0 Å². The van der Waals surface area contributed by atoms with Crippen LogP contribution in [0.4, 0.5) is 0 Å². The van der Waals surface area contributed by atoms with E-state index in [1.807, 2.05) is 43.1 Å². The van der Waals surface area contributed by atoms with Crippen molar-refractivity contribution in [3.63, 3.8) is 0 Å². The first kappa shape index (κ1) is 15.1. The van der Waals surface area contributed by atoms with Gasteiger partial charge in [-0.05, 0) is 14.0 Å². The number of ether oxygens (including phenoxy) is 2. The number of hydrogen-bond donors (Lipinski definition) is 0. The number of fused-ring (bicyclic) bond motifs is 1. The van der Waals surface area contributed by atoms with Gasteiger partial charge in [-0.25, -0.2) is 4.99 Å². The number of hydrogen-bond acceptors (Lipinski definition) is 6. The lowest BCUT2D eigenvalue weighted by Gasteiger charge is -2.34. The van der Waals surface area contributed by atoms with E-state index >= 15 is 0 Å². The van der Waals surface area contributed by atoms with Gasteiger partial charge in [-0.1, -0.05) is 41.6 Å². The molecule has 0 aromatic heterocycles. The van der Waals surface area contributed by atoms with Crippen molar-refractivity contribution in [3.05, 3.63) is 35.4 Å². The van der Waals surface area contributed by atoms with Gasteiger partial charge in [0.15, 0.2) is 11.5 Å². The molecule has 2 fully saturated rings. The van der Waals surface area contributed by atoms with E-state index in [1.54, 1.807) is 4.90 Å². The van der Waals surface area contributed by atoms with E-state index in [9.17, 15) is 4.79 Å². The zero-order valence-corrected chi connectivity index (χ0v) is 14.0. The lowest BCUT2D eigenvalue weighted by Crippen LogP contribution is -2.52. The Labute approximate surface area is 139 Å². The summed E-state index contributed by atoms with van der Waals surface area (Å²) in [6.45, 7) is 3.93. The number of amides is 1. The largest absolute Gasteiger partial charge is 0.346 e. The summed E-state index contributed by atoms with van der Waals surface area (Å²) in [6, 6.07) is 8.08. The van der Waals surface area contributed by atoms with Crippen molar-refractivity contribution >= 4 is 22.8 Å². The smallest absolute Gasteiger partial charge is 0.251 e. The molecule has 4 rings (SSSR count). The lowest BCUT2D eigenvalue weighted by molar-refractivity contribution is -0.199. The molecule has 0 saturated carbocycles. The van der Waals surface area contributed by atoms with Gasteiger partial charge in [0.25, 0.3) is 5.91 Å². The zero-order valence-electron chi connectivity index (χ0n) is 13.2. The van der Waals surface area contributed by atoms with Crippen LogP contribution < -0.4 is 0 Å². The second-order valence-electron chi connectivity index (χ2n) is 6.27. The molecule has 0 unspecified atom stereocenters. The second kappa shape index (κ2) is 5.59. The van der Waals surface area contributed by atoms with Crippen molar-refractivity contribution < 1.29 is 14.3 Å². The number of amidine groups is 1. The van der Waals surface area contributed by atoms with Crippen LogP contribution in [0.1, 0.15) is 17.4 Å². The fraction of sp³-hybridized carbons (Fsp3) is 0.500. The molecule has 1 spiro atoms. The van der Waals surface area contributed by atoms with Gasteiger partial charge in [0.1, 0.15) is 4.75 Å². The quantitative estimate of drug-likeness (QED) is 0.781. The van der Waals surface area contributed by atoms with Crippen LogP contribution >= 0.6 is 11.8 Å². The van der Waals surface area contributed by atoms with Crippen LogP contribution in [0.15, 0.2) is 29.3 Å². The first-order chi connectivity index (χ1) is 11.1. The summed E-state index contributed by atoms with van der Waals surface area (Å²) in [6.07, 6.45) is -0.406. The van der Waals surface area contributed by atoms with Crippen LogP contribution in [-0.2, 0) is 14.3 Å². The van der Waals surface area contributed by atoms with Crippen molar-refractivity contribution in [1.29, 1.82) is 0 Å². The first-order valence-electron chi connectivity index (χ1n) is 7.61. The van der Waals surface area contributed by atoms with Gasteiger partial charge < -0.3 is 9.47 Å². The number of thioether (sulfide) groups is 1. The van der Waals surface area contributed by atoms with E-state index < -0.39 is 11.0 Å². The van der Waals surface area contributed by atoms with Crippen molar-refractivity contribution in [2.45, 2.75) is 18.0 Å². The average molecular weight is 333 g/mol. The number of carbonyl (C=O) groups excluding carboxylic acids is 1. The molecule has 6 nitrogen and oxygen atoms in total. The van der Waals surface area contributed by atoms with Gasteiger partial charge in [0, 0.05) is 5.56 Å². The van der Waals surface area contributed by atoms with E-state index in [4.69, 9.17) is 9.47 Å². The standard InChI is InChI=1S/C16H19N3O3S/c1-11-3-5-12(6-4-11)13-21-7-16(8-22-13)14(20)19-10-18(2)9-17-15(19)23-16/h3-6,13H,7-10H2,1-2H3. The summed E-state index contributed by atoms with van der Waals surface area (Å²) in [5.74, 6) is 0.0372. The second-order valence-corrected chi connectivity index (χ2v) is 7.62. The molecular formula is C16H19N3O3S. The molecule has 0 radical (unpaired) electrons. The molecule has 7 heteroatoms. The van der Waals surface area contributed by atoms with Crippen LogP contribution in [0.5, 0.6) is 0 Å². The van der Waals surface area contributed by atoms with Crippen LogP contribution in [0.25, 0.3) is 0 Å². The summed E-state index contributed by atoms with van der Waals surface area (Å²) in [5.41, 5.74) is 2.18. The van der Waals surface area contributed by atoms with E-state index in [1.165, 1.54) is 17.3 Å². The molecule has 0 aliphatic carbocycles. The van der Waals surface area contributed by atoms with Gasteiger partial charge in [-0.2, -0.15) is 0 Å². The average Bonchev–Trinajstić information content (AvgIpc) is 2.82. The lowest BCUT2D eigenvalue weighted by atomic mass is 10.1. The first-order valence-corrected chi connectivity index (χ1v) is 8.43.